The molecule has 1 nitrogen and oxygen atoms in total. The molecule has 0 aliphatic carbocycles. The summed E-state index contributed by atoms with van der Waals surface area (Å²) in [4.78, 5) is 0. The molecular weight excluding hydrogens is 201 g/mol. The summed E-state index contributed by atoms with van der Waals surface area (Å²) in [5, 5.41) is 3.18. The Balaban J connectivity index is 0. The van der Waals surface area contributed by atoms with E-state index in [1.165, 1.54) is 0 Å². The molecule has 0 bridgehead atoms. The van der Waals surface area contributed by atoms with Crippen LogP contribution in [0.25, 0.3) is 0 Å². The lowest BCUT2D eigenvalue weighted by Gasteiger charge is -2.38. The van der Waals surface area contributed by atoms with Gasteiger partial charge in [-0.3, -0.25) is 5.09 Å². The SMILES string of the molecule is C=CC(=C)C.C=CC(C)(C)C(C)(C)NP. The second-order valence-electron chi connectivity index (χ2n) is 4.75. The number of rotatable bonds is 4. The largest absolute Gasteiger partial charge is 0.295 e. The standard InChI is InChI=1S/C8H18NP.C5H8/c1-6-7(2,3)8(4,5)9-10;1-4-5(2)3/h6,9H,1,10H2,2-5H3;4H,1-2H2,3H3. The van der Waals surface area contributed by atoms with Crippen LogP contribution in [0.3, 0.4) is 0 Å². The zero-order valence-corrected chi connectivity index (χ0v) is 12.0. The van der Waals surface area contributed by atoms with Gasteiger partial charge in [0.05, 0.1) is 0 Å². The van der Waals surface area contributed by atoms with E-state index >= 15 is 0 Å². The maximum absolute atomic E-state index is 3.80. The summed E-state index contributed by atoms with van der Waals surface area (Å²) < 4.78 is 0. The van der Waals surface area contributed by atoms with Gasteiger partial charge in [0.1, 0.15) is 0 Å². The van der Waals surface area contributed by atoms with Crippen molar-refractivity contribution in [1.82, 2.24) is 5.09 Å². The number of hydrogen-bond acceptors (Lipinski definition) is 1. The molecule has 1 N–H and O–H groups in total. The fourth-order valence-corrected chi connectivity index (χ4v) is 0.813. The van der Waals surface area contributed by atoms with Gasteiger partial charge in [-0.25, -0.2) is 0 Å². The van der Waals surface area contributed by atoms with Crippen molar-refractivity contribution in [1.29, 1.82) is 0 Å². The summed E-state index contributed by atoms with van der Waals surface area (Å²) >= 11 is 0. The molecule has 0 rings (SSSR count). The van der Waals surface area contributed by atoms with Gasteiger partial charge in [0.15, 0.2) is 0 Å². The molecule has 2 heteroatoms. The van der Waals surface area contributed by atoms with Crippen LogP contribution in [0.4, 0.5) is 0 Å². The topological polar surface area (TPSA) is 12.0 Å². The van der Waals surface area contributed by atoms with Crippen molar-refractivity contribution in [2.75, 3.05) is 0 Å². The average Bonchev–Trinajstić information content (AvgIpc) is 2.18. The van der Waals surface area contributed by atoms with Crippen LogP contribution in [-0.2, 0) is 0 Å². The zero-order chi connectivity index (χ0) is 12.7. The lowest BCUT2D eigenvalue weighted by molar-refractivity contribution is 0.252. The average molecular weight is 227 g/mol. The number of hydrogen-bond donors (Lipinski definition) is 1. The predicted molar refractivity (Wildman–Crippen MR) is 75.9 cm³/mol. The Bertz CT molecular complexity index is 227. The van der Waals surface area contributed by atoms with Crippen LogP contribution in [0.1, 0.15) is 34.6 Å². The maximum atomic E-state index is 3.80. The van der Waals surface area contributed by atoms with E-state index < -0.39 is 0 Å². The smallest absolute Gasteiger partial charge is 0.0242 e. The molecule has 0 saturated heterocycles. The Labute approximate surface area is 98.0 Å². The lowest BCUT2D eigenvalue weighted by atomic mass is 9.75. The molecule has 0 amide bonds. The van der Waals surface area contributed by atoms with Gasteiger partial charge >= 0.3 is 0 Å². The molecular formula is C13H26NP. The maximum Gasteiger partial charge on any atom is 0.0242 e. The molecule has 0 spiro atoms. The molecule has 0 aromatic heterocycles. The van der Waals surface area contributed by atoms with E-state index in [1.54, 1.807) is 6.08 Å². The third kappa shape index (κ3) is 6.65. The molecule has 0 radical (unpaired) electrons. The Kier molecular flexibility index (Phi) is 7.92. The fourth-order valence-electron chi connectivity index (χ4n) is 0.441. The van der Waals surface area contributed by atoms with Gasteiger partial charge in [0, 0.05) is 11.0 Å². The monoisotopic (exact) mass is 227 g/mol. The minimum atomic E-state index is 0.0828. The normalized spacial score (nSPS) is 11.1. The molecule has 15 heavy (non-hydrogen) atoms. The van der Waals surface area contributed by atoms with Gasteiger partial charge in [0.25, 0.3) is 0 Å². The molecule has 1 unspecified atom stereocenters. The summed E-state index contributed by atoms with van der Waals surface area (Å²) in [6.45, 7) is 21.4. The highest BCUT2D eigenvalue weighted by molar-refractivity contribution is 7.13. The molecule has 0 fully saturated rings. The van der Waals surface area contributed by atoms with E-state index in [9.17, 15) is 0 Å². The first-order valence-electron chi connectivity index (χ1n) is 5.04. The third-order valence-electron chi connectivity index (χ3n) is 2.83. The van der Waals surface area contributed by atoms with E-state index in [1.807, 2.05) is 13.0 Å². The second kappa shape index (κ2) is 6.98. The quantitative estimate of drug-likeness (QED) is 0.433. The second-order valence-corrected chi connectivity index (χ2v) is 5.03. The molecule has 0 aromatic rings. The Morgan fingerprint density at radius 1 is 1.20 bits per heavy atom. The van der Waals surface area contributed by atoms with Crippen molar-refractivity contribution in [3.05, 3.63) is 37.5 Å². The first-order chi connectivity index (χ1) is 6.64. The van der Waals surface area contributed by atoms with Crippen LogP contribution in [0.15, 0.2) is 37.5 Å². The minimum Gasteiger partial charge on any atom is -0.295 e. The number of nitrogens with one attached hydrogen (secondary N) is 1. The summed E-state index contributed by atoms with van der Waals surface area (Å²) in [6, 6.07) is 0. The van der Waals surface area contributed by atoms with Gasteiger partial charge in [-0.1, -0.05) is 54.1 Å². The van der Waals surface area contributed by atoms with E-state index in [2.05, 4.69) is 61.9 Å². The van der Waals surface area contributed by atoms with Crippen LogP contribution < -0.4 is 5.09 Å². The van der Waals surface area contributed by atoms with Gasteiger partial charge < -0.3 is 0 Å². The Morgan fingerprint density at radius 2 is 1.53 bits per heavy atom. The van der Waals surface area contributed by atoms with E-state index in [-0.39, 0.29) is 11.0 Å². The molecule has 0 aromatic carbocycles. The molecule has 88 valence electrons. The van der Waals surface area contributed by atoms with Crippen LogP contribution in [0.5, 0.6) is 0 Å². The molecule has 1 atom stereocenters. The van der Waals surface area contributed by atoms with Crippen LogP contribution in [-0.4, -0.2) is 5.54 Å². The molecule has 0 aliphatic rings. The van der Waals surface area contributed by atoms with Crippen LogP contribution >= 0.6 is 9.39 Å². The predicted octanol–water partition coefficient (Wildman–Crippen LogP) is 4.11. The van der Waals surface area contributed by atoms with Crippen molar-refractivity contribution in [3.8, 4) is 0 Å². The van der Waals surface area contributed by atoms with Crippen LogP contribution in [0, 0.1) is 5.41 Å². The lowest BCUT2D eigenvalue weighted by Crippen LogP contribution is -2.45. The van der Waals surface area contributed by atoms with E-state index in [0.29, 0.717) is 0 Å². The minimum absolute atomic E-state index is 0.0828. The first kappa shape index (κ1) is 17.0. The van der Waals surface area contributed by atoms with Crippen molar-refractivity contribution < 1.29 is 0 Å². The highest BCUT2D eigenvalue weighted by Gasteiger charge is 2.32. The Morgan fingerprint density at radius 3 is 1.60 bits per heavy atom. The van der Waals surface area contributed by atoms with Crippen molar-refractivity contribution >= 4 is 9.39 Å². The molecule has 0 aliphatic heterocycles. The first-order valence-corrected chi connectivity index (χ1v) is 5.61. The van der Waals surface area contributed by atoms with Crippen molar-refractivity contribution in [2.45, 2.75) is 40.2 Å². The summed E-state index contributed by atoms with van der Waals surface area (Å²) in [7, 11) is 2.54. The zero-order valence-electron chi connectivity index (χ0n) is 10.9. The highest BCUT2D eigenvalue weighted by atomic mass is 31.0. The van der Waals surface area contributed by atoms with E-state index in [4.69, 9.17) is 0 Å². The third-order valence-corrected chi connectivity index (χ3v) is 3.55. The van der Waals surface area contributed by atoms with Gasteiger partial charge in [0.2, 0.25) is 0 Å². The van der Waals surface area contributed by atoms with Gasteiger partial charge in [-0.2, -0.15) is 0 Å². The highest BCUT2D eigenvalue weighted by Crippen LogP contribution is 2.31. The van der Waals surface area contributed by atoms with Gasteiger partial charge in [-0.05, 0) is 20.8 Å². The summed E-state index contributed by atoms with van der Waals surface area (Å²) in [5.74, 6) is 0. The van der Waals surface area contributed by atoms with Gasteiger partial charge in [-0.15, -0.1) is 6.58 Å². The summed E-state index contributed by atoms with van der Waals surface area (Å²) in [6.07, 6.45) is 3.70. The van der Waals surface area contributed by atoms with Crippen molar-refractivity contribution in [2.24, 2.45) is 5.41 Å². The molecule has 0 saturated carbocycles. The molecule has 0 heterocycles. The van der Waals surface area contributed by atoms with Crippen molar-refractivity contribution in [3.63, 3.8) is 0 Å². The summed E-state index contributed by atoms with van der Waals surface area (Å²) in [5.41, 5.74) is 1.22. The van der Waals surface area contributed by atoms with Crippen LogP contribution in [0.2, 0.25) is 0 Å². The van der Waals surface area contributed by atoms with E-state index in [0.717, 1.165) is 5.57 Å². The Hall–Kier alpha value is -0.390. The fraction of sp³-hybridized carbons (Fsp3) is 0.538. The number of allylic oxidation sites excluding steroid dienone is 2.